The van der Waals surface area contributed by atoms with Crippen LogP contribution < -0.4 is 0 Å². The smallest absolute Gasteiger partial charge is 0.327 e. The van der Waals surface area contributed by atoms with Gasteiger partial charge in [0.2, 0.25) is 0 Å². The van der Waals surface area contributed by atoms with Gasteiger partial charge in [-0.3, -0.25) is 14.8 Å². The molecule has 6 heteroatoms. The molecule has 22 heavy (non-hydrogen) atoms. The van der Waals surface area contributed by atoms with E-state index in [9.17, 15) is 4.79 Å². The van der Waals surface area contributed by atoms with E-state index in [0.29, 0.717) is 18.8 Å². The van der Waals surface area contributed by atoms with Crippen LogP contribution in [0.1, 0.15) is 19.4 Å². The lowest BCUT2D eigenvalue weighted by Gasteiger charge is -2.33. The van der Waals surface area contributed by atoms with Gasteiger partial charge in [-0.05, 0) is 20.6 Å². The van der Waals surface area contributed by atoms with Gasteiger partial charge in [-0.2, -0.15) is 0 Å². The van der Waals surface area contributed by atoms with Crippen LogP contribution in [-0.2, 0) is 4.74 Å². The molecule has 0 N–H and O–H groups in total. The molecule has 1 aromatic carbocycles. The van der Waals surface area contributed by atoms with Crippen LogP contribution in [0.3, 0.4) is 0 Å². The lowest BCUT2D eigenvalue weighted by atomic mass is 10.2. The number of benzene rings is 1. The van der Waals surface area contributed by atoms with E-state index in [2.05, 4.69) is 11.7 Å². The Bertz CT molecular complexity index is 599. The molecule has 2 rings (SSSR count). The molecule has 0 radical (unpaired) electrons. The summed E-state index contributed by atoms with van der Waals surface area (Å²) in [5.74, 6) is 0. The number of hydrogen-bond donors (Lipinski definition) is 0. The molecule has 0 saturated carbocycles. The first-order valence-electron chi connectivity index (χ1n) is 6.99. The maximum absolute atomic E-state index is 12.6. The molecular formula is C16H20ClN3O2. The van der Waals surface area contributed by atoms with Crippen molar-refractivity contribution < 1.29 is 9.53 Å². The monoisotopic (exact) mass is 321 g/mol. The number of aliphatic imine (C=N–C) groups is 1. The fraction of sp³-hybridized carbons (Fsp3) is 0.375. The molecule has 1 aliphatic rings. The van der Waals surface area contributed by atoms with Crippen molar-refractivity contribution in [3.63, 3.8) is 0 Å². The molecule has 0 bridgehead atoms. The highest BCUT2D eigenvalue weighted by Crippen LogP contribution is 2.28. The number of urea groups is 1. The SMILES string of the molecule is C=N/C(=C(/Cl)N(C)C(=O)N1CCOC1(C)C)c1ccccc1. The minimum absolute atomic E-state index is 0.230. The quantitative estimate of drug-likeness (QED) is 0.633. The fourth-order valence-corrected chi connectivity index (χ4v) is 2.60. The molecular weight excluding hydrogens is 302 g/mol. The van der Waals surface area contributed by atoms with Gasteiger partial charge < -0.3 is 4.74 Å². The summed E-state index contributed by atoms with van der Waals surface area (Å²) in [4.78, 5) is 19.6. The number of halogens is 1. The maximum Gasteiger partial charge on any atom is 0.327 e. The second-order valence-corrected chi connectivity index (χ2v) is 5.81. The van der Waals surface area contributed by atoms with Crippen molar-refractivity contribution in [3.05, 3.63) is 41.1 Å². The third kappa shape index (κ3) is 3.15. The van der Waals surface area contributed by atoms with Gasteiger partial charge in [0, 0.05) is 19.2 Å². The Kier molecular flexibility index (Phi) is 4.88. The van der Waals surface area contributed by atoms with Gasteiger partial charge in [-0.1, -0.05) is 41.9 Å². The Labute approximate surface area is 135 Å². The summed E-state index contributed by atoms with van der Waals surface area (Å²) in [6.45, 7) is 8.31. The third-order valence-corrected chi connectivity index (χ3v) is 4.07. The number of hydrogen-bond acceptors (Lipinski definition) is 3. The molecule has 0 unspecified atom stereocenters. The van der Waals surface area contributed by atoms with Gasteiger partial charge in [0.1, 0.15) is 16.6 Å². The summed E-state index contributed by atoms with van der Waals surface area (Å²) in [6.07, 6.45) is 0. The summed E-state index contributed by atoms with van der Waals surface area (Å²) >= 11 is 6.38. The fourth-order valence-electron chi connectivity index (χ4n) is 2.36. The molecule has 0 atom stereocenters. The number of amides is 2. The van der Waals surface area contributed by atoms with Crippen LogP contribution in [0.2, 0.25) is 0 Å². The zero-order valence-corrected chi connectivity index (χ0v) is 13.8. The summed E-state index contributed by atoms with van der Waals surface area (Å²) in [5.41, 5.74) is 0.631. The zero-order chi connectivity index (χ0) is 16.3. The Morgan fingerprint density at radius 2 is 2.05 bits per heavy atom. The second-order valence-electron chi connectivity index (χ2n) is 5.45. The van der Waals surface area contributed by atoms with Crippen molar-refractivity contribution in [3.8, 4) is 0 Å². The van der Waals surface area contributed by atoms with E-state index >= 15 is 0 Å². The first kappa shape index (κ1) is 16.5. The maximum atomic E-state index is 12.6. The van der Waals surface area contributed by atoms with Gasteiger partial charge in [0.25, 0.3) is 0 Å². The Morgan fingerprint density at radius 1 is 1.41 bits per heavy atom. The van der Waals surface area contributed by atoms with Crippen LogP contribution in [0.5, 0.6) is 0 Å². The molecule has 1 saturated heterocycles. The number of nitrogens with zero attached hydrogens (tertiary/aromatic N) is 3. The first-order chi connectivity index (χ1) is 10.4. The topological polar surface area (TPSA) is 45.1 Å². The minimum atomic E-state index is -0.642. The van der Waals surface area contributed by atoms with Gasteiger partial charge in [-0.25, -0.2) is 4.79 Å². The lowest BCUT2D eigenvalue weighted by Crippen LogP contribution is -2.48. The predicted octanol–water partition coefficient (Wildman–Crippen LogP) is 3.37. The zero-order valence-electron chi connectivity index (χ0n) is 13.0. The Morgan fingerprint density at radius 3 is 2.55 bits per heavy atom. The molecule has 1 aromatic rings. The van der Waals surface area contributed by atoms with E-state index < -0.39 is 5.72 Å². The Balaban J connectivity index is 2.30. The molecule has 5 nitrogen and oxygen atoms in total. The average molecular weight is 322 g/mol. The summed E-state index contributed by atoms with van der Waals surface area (Å²) < 4.78 is 5.56. The summed E-state index contributed by atoms with van der Waals surface area (Å²) in [5, 5.41) is 0.230. The van der Waals surface area contributed by atoms with Gasteiger partial charge >= 0.3 is 6.03 Å². The van der Waals surface area contributed by atoms with Gasteiger partial charge in [0.15, 0.2) is 0 Å². The molecule has 0 spiro atoms. The van der Waals surface area contributed by atoms with Crippen LogP contribution in [0.25, 0.3) is 5.70 Å². The molecule has 1 aliphatic heterocycles. The first-order valence-corrected chi connectivity index (χ1v) is 7.37. The molecule has 1 heterocycles. The Hall–Kier alpha value is -1.85. The van der Waals surface area contributed by atoms with E-state index in [-0.39, 0.29) is 11.2 Å². The summed E-state index contributed by atoms with van der Waals surface area (Å²) in [6, 6.07) is 9.16. The van der Waals surface area contributed by atoms with Crippen molar-refractivity contribution in [2.75, 3.05) is 20.2 Å². The van der Waals surface area contributed by atoms with E-state index in [1.165, 1.54) is 4.90 Å². The van der Waals surface area contributed by atoms with E-state index in [0.717, 1.165) is 5.56 Å². The average Bonchev–Trinajstić information content (AvgIpc) is 2.87. The molecule has 0 aliphatic carbocycles. The summed E-state index contributed by atoms with van der Waals surface area (Å²) in [7, 11) is 1.62. The van der Waals surface area contributed by atoms with Crippen molar-refractivity contribution >= 4 is 30.0 Å². The second kappa shape index (κ2) is 6.50. The molecule has 2 amide bonds. The predicted molar refractivity (Wildman–Crippen MR) is 88.7 cm³/mol. The van der Waals surface area contributed by atoms with Gasteiger partial charge in [0.05, 0.1) is 6.61 Å². The highest BCUT2D eigenvalue weighted by Gasteiger charge is 2.38. The van der Waals surface area contributed by atoms with Crippen molar-refractivity contribution in [1.82, 2.24) is 9.80 Å². The lowest BCUT2D eigenvalue weighted by molar-refractivity contribution is -0.0341. The van der Waals surface area contributed by atoms with Crippen molar-refractivity contribution in [2.24, 2.45) is 4.99 Å². The molecule has 1 fully saturated rings. The third-order valence-electron chi connectivity index (χ3n) is 3.63. The van der Waals surface area contributed by atoms with E-state index in [1.54, 1.807) is 11.9 Å². The highest BCUT2D eigenvalue weighted by molar-refractivity contribution is 6.33. The standard InChI is InChI=1S/C16H20ClN3O2/c1-16(2)20(10-11-22-16)15(21)19(4)14(17)13(18-3)12-8-6-5-7-9-12/h5-9H,3,10-11H2,1-2,4H3/b14-13-. The van der Waals surface area contributed by atoms with Crippen LogP contribution >= 0.6 is 11.6 Å². The number of carbonyl (C=O) groups is 1. The number of rotatable bonds is 3. The van der Waals surface area contributed by atoms with Gasteiger partial charge in [-0.15, -0.1) is 0 Å². The van der Waals surface area contributed by atoms with Crippen LogP contribution in [0.4, 0.5) is 4.79 Å². The number of ether oxygens (including phenoxy) is 1. The van der Waals surface area contributed by atoms with Crippen molar-refractivity contribution in [1.29, 1.82) is 0 Å². The van der Waals surface area contributed by atoms with E-state index in [1.807, 2.05) is 44.2 Å². The highest BCUT2D eigenvalue weighted by atomic mass is 35.5. The largest absolute Gasteiger partial charge is 0.354 e. The van der Waals surface area contributed by atoms with Crippen LogP contribution in [-0.4, -0.2) is 48.5 Å². The van der Waals surface area contributed by atoms with Crippen LogP contribution in [0, 0.1) is 0 Å². The normalized spacial score (nSPS) is 17.9. The van der Waals surface area contributed by atoms with E-state index in [4.69, 9.17) is 16.3 Å². The molecule has 0 aromatic heterocycles. The van der Waals surface area contributed by atoms with Crippen molar-refractivity contribution in [2.45, 2.75) is 19.6 Å². The molecule has 118 valence electrons. The number of carbonyl (C=O) groups excluding carboxylic acids is 1. The minimum Gasteiger partial charge on any atom is -0.354 e. The van der Waals surface area contributed by atoms with Crippen LogP contribution in [0.15, 0.2) is 40.5 Å².